The third-order valence-electron chi connectivity index (χ3n) is 5.55. The van der Waals surface area contributed by atoms with Crippen LogP contribution in [0.5, 0.6) is 5.75 Å². The summed E-state index contributed by atoms with van der Waals surface area (Å²) < 4.78 is 16.0. The number of para-hydroxylation sites is 2. The van der Waals surface area contributed by atoms with Crippen molar-refractivity contribution in [3.05, 3.63) is 59.8 Å². The van der Waals surface area contributed by atoms with Gasteiger partial charge >= 0.3 is 5.97 Å². The number of anilines is 1. The van der Waals surface area contributed by atoms with Crippen molar-refractivity contribution in [3.63, 3.8) is 0 Å². The maximum atomic E-state index is 13.2. The first-order valence-electron chi connectivity index (χ1n) is 10.4. The topological polar surface area (TPSA) is 171 Å². The summed E-state index contributed by atoms with van der Waals surface area (Å²) in [5.74, 6) is -1.29. The lowest BCUT2D eigenvalue weighted by atomic mass is 9.99. The lowest BCUT2D eigenvalue weighted by Crippen LogP contribution is -2.60. The zero-order chi connectivity index (χ0) is 24.4. The maximum absolute atomic E-state index is 13.2. The van der Waals surface area contributed by atoms with Crippen molar-refractivity contribution < 1.29 is 44.2 Å². The highest BCUT2D eigenvalue weighted by Crippen LogP contribution is 2.34. The Morgan fingerprint density at radius 1 is 1.03 bits per heavy atom. The van der Waals surface area contributed by atoms with Crippen LogP contribution in [0.3, 0.4) is 0 Å². The fourth-order valence-corrected chi connectivity index (χ4v) is 3.74. The van der Waals surface area contributed by atoms with E-state index in [-0.39, 0.29) is 22.7 Å². The number of aromatic nitrogens is 1. The average molecular weight is 472 g/mol. The number of amides is 1. The molecule has 4 rings (SSSR count). The van der Waals surface area contributed by atoms with Crippen LogP contribution in [-0.4, -0.2) is 81.7 Å². The number of H-pyrrole nitrogens is 1. The first-order valence-corrected chi connectivity index (χ1v) is 10.4. The van der Waals surface area contributed by atoms with E-state index in [1.807, 2.05) is 0 Å². The number of carbonyl (C=O) groups is 2. The molecule has 1 aromatic heterocycles. The number of ether oxygens (including phenoxy) is 3. The lowest BCUT2D eigenvalue weighted by Gasteiger charge is -2.39. The smallest absolute Gasteiger partial charge is 0.339 e. The van der Waals surface area contributed by atoms with Crippen molar-refractivity contribution >= 4 is 28.5 Å². The van der Waals surface area contributed by atoms with E-state index >= 15 is 0 Å². The fraction of sp³-hybridized carbons (Fsp3) is 0.304. The van der Waals surface area contributed by atoms with Gasteiger partial charge in [0.1, 0.15) is 30.1 Å². The molecule has 180 valence electrons. The van der Waals surface area contributed by atoms with Gasteiger partial charge in [-0.25, -0.2) is 4.79 Å². The molecule has 0 aliphatic carbocycles. The van der Waals surface area contributed by atoms with Crippen molar-refractivity contribution in [3.8, 4) is 5.75 Å². The van der Waals surface area contributed by atoms with E-state index in [1.54, 1.807) is 36.4 Å². The molecule has 0 unspecified atom stereocenters. The number of methoxy groups -OCH3 is 1. The predicted octanol–water partition coefficient (Wildman–Crippen LogP) is 0.385. The second-order valence-corrected chi connectivity index (χ2v) is 7.68. The van der Waals surface area contributed by atoms with Crippen LogP contribution in [0.4, 0.5) is 5.69 Å². The standard InChI is InChI=1S/C23H24N2O9/c1-32-22(31)12-7-3-5-9-14(12)25-21(30)16-20(11-6-2-4-8-13(11)24-16)34-23-19(29)18(28)17(27)15(10-26)33-23/h2-9,15,17-19,23-24,26-29H,10H2,1H3,(H,25,30)/t15-,17-,18+,19-,23+/m1/s1. The Hall–Kier alpha value is -3.48. The highest BCUT2D eigenvalue weighted by Gasteiger charge is 2.45. The van der Waals surface area contributed by atoms with Crippen molar-refractivity contribution in [2.75, 3.05) is 19.0 Å². The summed E-state index contributed by atoms with van der Waals surface area (Å²) >= 11 is 0. The molecule has 0 saturated carbocycles. The normalized spacial score (nSPS) is 24.6. The molecular formula is C23H24N2O9. The molecule has 0 bridgehead atoms. The number of aromatic amines is 1. The van der Waals surface area contributed by atoms with E-state index in [9.17, 15) is 30.0 Å². The number of benzene rings is 2. The van der Waals surface area contributed by atoms with Crippen LogP contribution in [0.25, 0.3) is 10.9 Å². The Morgan fingerprint density at radius 3 is 2.47 bits per heavy atom. The number of carbonyl (C=O) groups excluding carboxylic acids is 2. The molecule has 6 N–H and O–H groups in total. The number of hydrogen-bond donors (Lipinski definition) is 6. The highest BCUT2D eigenvalue weighted by molar-refractivity contribution is 6.11. The van der Waals surface area contributed by atoms with Crippen LogP contribution >= 0.6 is 0 Å². The third-order valence-corrected chi connectivity index (χ3v) is 5.55. The summed E-state index contributed by atoms with van der Waals surface area (Å²) in [6, 6.07) is 13.1. The first kappa shape index (κ1) is 23.7. The predicted molar refractivity (Wildman–Crippen MR) is 118 cm³/mol. The molecule has 2 heterocycles. The van der Waals surface area contributed by atoms with Crippen molar-refractivity contribution in [1.82, 2.24) is 4.98 Å². The molecule has 1 amide bonds. The summed E-state index contributed by atoms with van der Waals surface area (Å²) in [5, 5.41) is 43.0. The highest BCUT2D eigenvalue weighted by atomic mass is 16.7. The molecule has 34 heavy (non-hydrogen) atoms. The SMILES string of the molecule is COC(=O)c1ccccc1NC(=O)c1[nH]c2ccccc2c1O[C@@H]1O[C@H](CO)[C@@H](O)[C@H](O)[C@H]1O. The second-order valence-electron chi connectivity index (χ2n) is 7.68. The maximum Gasteiger partial charge on any atom is 0.339 e. The van der Waals surface area contributed by atoms with Crippen LogP contribution in [0.2, 0.25) is 0 Å². The lowest BCUT2D eigenvalue weighted by molar-refractivity contribution is -0.277. The number of esters is 1. The third kappa shape index (κ3) is 4.34. The zero-order valence-corrected chi connectivity index (χ0v) is 18.0. The molecule has 0 radical (unpaired) electrons. The Bertz CT molecular complexity index is 1190. The van der Waals surface area contributed by atoms with Crippen LogP contribution in [0.15, 0.2) is 48.5 Å². The van der Waals surface area contributed by atoms with Crippen LogP contribution in [-0.2, 0) is 9.47 Å². The van der Waals surface area contributed by atoms with Crippen molar-refractivity contribution in [2.24, 2.45) is 0 Å². The van der Waals surface area contributed by atoms with E-state index in [2.05, 4.69) is 10.3 Å². The molecule has 11 nitrogen and oxygen atoms in total. The summed E-state index contributed by atoms with van der Waals surface area (Å²) in [5.41, 5.74) is 0.842. The number of aliphatic hydroxyl groups is 4. The number of hydrogen-bond acceptors (Lipinski definition) is 9. The van der Waals surface area contributed by atoms with Gasteiger partial charge in [0, 0.05) is 10.9 Å². The second kappa shape index (κ2) is 9.79. The molecule has 11 heteroatoms. The number of nitrogens with one attached hydrogen (secondary N) is 2. The van der Waals surface area contributed by atoms with Gasteiger partial charge in [0.15, 0.2) is 5.75 Å². The molecule has 5 atom stereocenters. The van der Waals surface area contributed by atoms with Gasteiger partial charge in [-0.2, -0.15) is 0 Å². The molecule has 1 saturated heterocycles. The molecule has 1 fully saturated rings. The van der Waals surface area contributed by atoms with Gasteiger partial charge in [0.05, 0.1) is 25.0 Å². The summed E-state index contributed by atoms with van der Waals surface area (Å²) in [6.07, 6.45) is -7.55. The van der Waals surface area contributed by atoms with Gasteiger partial charge < -0.3 is 44.9 Å². The minimum atomic E-state index is -1.66. The van der Waals surface area contributed by atoms with Gasteiger partial charge in [-0.05, 0) is 24.3 Å². The van der Waals surface area contributed by atoms with E-state index in [0.717, 1.165) is 0 Å². The summed E-state index contributed by atoms with van der Waals surface area (Å²) in [7, 11) is 1.23. The van der Waals surface area contributed by atoms with Gasteiger partial charge in [-0.15, -0.1) is 0 Å². The van der Waals surface area contributed by atoms with E-state index in [4.69, 9.17) is 14.2 Å². The van der Waals surface area contributed by atoms with Crippen molar-refractivity contribution in [2.45, 2.75) is 30.7 Å². The Kier molecular flexibility index (Phi) is 6.82. The molecule has 3 aromatic rings. The van der Waals surface area contributed by atoms with E-state index < -0.39 is 49.2 Å². The monoisotopic (exact) mass is 472 g/mol. The molecule has 1 aliphatic rings. The minimum absolute atomic E-state index is 0.00739. The van der Waals surface area contributed by atoms with Crippen LogP contribution < -0.4 is 10.1 Å². The molecular weight excluding hydrogens is 448 g/mol. The number of rotatable bonds is 6. The van der Waals surface area contributed by atoms with Gasteiger partial charge in [-0.1, -0.05) is 24.3 Å². The average Bonchev–Trinajstić information content (AvgIpc) is 3.22. The zero-order valence-electron chi connectivity index (χ0n) is 18.0. The minimum Gasteiger partial charge on any atom is -0.465 e. The van der Waals surface area contributed by atoms with Gasteiger partial charge in [-0.3, -0.25) is 4.79 Å². The van der Waals surface area contributed by atoms with Crippen LogP contribution in [0.1, 0.15) is 20.8 Å². The number of fused-ring (bicyclic) bond motifs is 1. The van der Waals surface area contributed by atoms with E-state index in [1.165, 1.54) is 19.2 Å². The summed E-state index contributed by atoms with van der Waals surface area (Å²) in [4.78, 5) is 28.2. The molecule has 2 aromatic carbocycles. The summed E-state index contributed by atoms with van der Waals surface area (Å²) in [6.45, 7) is -0.629. The Balaban J connectivity index is 1.69. The Morgan fingerprint density at radius 2 is 1.74 bits per heavy atom. The number of aliphatic hydroxyl groups excluding tert-OH is 4. The largest absolute Gasteiger partial charge is 0.465 e. The van der Waals surface area contributed by atoms with Crippen molar-refractivity contribution in [1.29, 1.82) is 0 Å². The van der Waals surface area contributed by atoms with E-state index in [0.29, 0.717) is 10.9 Å². The first-order chi connectivity index (χ1) is 16.3. The fourth-order valence-electron chi connectivity index (χ4n) is 3.74. The van der Waals surface area contributed by atoms with Crippen LogP contribution in [0, 0.1) is 0 Å². The quantitative estimate of drug-likeness (QED) is 0.278. The molecule has 1 aliphatic heterocycles. The van der Waals surface area contributed by atoms with Gasteiger partial charge in [0.25, 0.3) is 5.91 Å². The molecule has 0 spiro atoms. The Labute approximate surface area is 193 Å². The van der Waals surface area contributed by atoms with Gasteiger partial charge in [0.2, 0.25) is 6.29 Å².